The van der Waals surface area contributed by atoms with E-state index >= 15 is 0 Å². The molecule has 4 rings (SSSR count). The van der Waals surface area contributed by atoms with Crippen LogP contribution in [-0.4, -0.2) is 43.3 Å². The number of nitrogens with one attached hydrogen (secondary N) is 1. The van der Waals surface area contributed by atoms with Crippen molar-refractivity contribution in [3.8, 4) is 0 Å². The van der Waals surface area contributed by atoms with Gasteiger partial charge >= 0.3 is 0 Å². The lowest BCUT2D eigenvalue weighted by Crippen LogP contribution is -2.25. The molecule has 1 unspecified atom stereocenters. The number of amides is 1. The number of carbonyl (C=O) groups excluding carboxylic acids is 1. The molecular formula is C23H28N4O3S. The number of aryl methyl sites for hydroxylation is 1. The molecule has 0 spiro atoms. The van der Waals surface area contributed by atoms with Gasteiger partial charge in [-0.3, -0.25) is 9.00 Å². The summed E-state index contributed by atoms with van der Waals surface area (Å²) in [6.07, 6.45) is 3.42. The third-order valence-electron chi connectivity index (χ3n) is 5.53. The van der Waals surface area contributed by atoms with Crippen molar-refractivity contribution in [2.24, 2.45) is 0 Å². The van der Waals surface area contributed by atoms with Gasteiger partial charge in [0.25, 0.3) is 5.91 Å². The Kier molecular flexibility index (Phi) is 6.48. The lowest BCUT2D eigenvalue weighted by Gasteiger charge is -2.21. The maximum absolute atomic E-state index is 12.9. The van der Waals surface area contributed by atoms with E-state index in [-0.39, 0.29) is 17.2 Å². The van der Waals surface area contributed by atoms with Crippen molar-refractivity contribution in [2.45, 2.75) is 50.7 Å². The Hall–Kier alpha value is -2.58. The zero-order valence-corrected chi connectivity index (χ0v) is 18.9. The second kappa shape index (κ2) is 9.28. The molecule has 0 saturated carbocycles. The van der Waals surface area contributed by atoms with E-state index in [1.165, 1.54) is 0 Å². The zero-order chi connectivity index (χ0) is 22.0. The summed E-state index contributed by atoms with van der Waals surface area (Å²) in [5, 5.41) is 8.36. The molecule has 0 bridgehead atoms. The molecule has 1 aliphatic heterocycles. The molecule has 164 valence electrons. The van der Waals surface area contributed by atoms with Crippen molar-refractivity contribution in [1.82, 2.24) is 14.8 Å². The van der Waals surface area contributed by atoms with Gasteiger partial charge in [0.15, 0.2) is 5.65 Å². The first kappa shape index (κ1) is 21.6. The topological polar surface area (TPSA) is 86.1 Å². The van der Waals surface area contributed by atoms with Crippen molar-refractivity contribution >= 4 is 33.4 Å². The van der Waals surface area contributed by atoms with Gasteiger partial charge in [0.2, 0.25) is 0 Å². The van der Waals surface area contributed by atoms with Crippen LogP contribution in [-0.2, 0) is 21.3 Å². The zero-order valence-electron chi connectivity index (χ0n) is 18.1. The van der Waals surface area contributed by atoms with Gasteiger partial charge in [0.1, 0.15) is 0 Å². The monoisotopic (exact) mass is 440 g/mol. The molecule has 1 aromatic carbocycles. The van der Waals surface area contributed by atoms with Crippen LogP contribution in [0.15, 0.2) is 36.5 Å². The minimum Gasteiger partial charge on any atom is -0.381 e. The van der Waals surface area contributed by atoms with Crippen LogP contribution in [0.1, 0.15) is 54.3 Å². The molecule has 1 aliphatic rings. The molecule has 2 aromatic heterocycles. The normalized spacial score (nSPS) is 16.0. The predicted octanol–water partition coefficient (Wildman–Crippen LogP) is 4.00. The van der Waals surface area contributed by atoms with E-state index in [1.54, 1.807) is 6.20 Å². The first-order valence-corrected chi connectivity index (χ1v) is 12.0. The Labute approximate surface area is 184 Å². The van der Waals surface area contributed by atoms with Crippen LogP contribution in [0.3, 0.4) is 0 Å². The van der Waals surface area contributed by atoms with Crippen LogP contribution in [0, 0.1) is 6.92 Å². The number of fused-ring (bicyclic) bond motifs is 1. The smallest absolute Gasteiger partial charge is 0.257 e. The molecular weight excluding hydrogens is 412 g/mol. The molecule has 1 fully saturated rings. The maximum atomic E-state index is 12.9. The van der Waals surface area contributed by atoms with Gasteiger partial charge in [-0.1, -0.05) is 12.1 Å². The quantitative estimate of drug-likeness (QED) is 0.626. The Bertz CT molecular complexity index is 1120. The molecule has 1 amide bonds. The van der Waals surface area contributed by atoms with E-state index in [1.807, 2.05) is 55.8 Å². The van der Waals surface area contributed by atoms with Crippen LogP contribution in [0.25, 0.3) is 11.0 Å². The van der Waals surface area contributed by atoms with Crippen molar-refractivity contribution in [2.75, 3.05) is 18.5 Å². The number of hydrogen-bond donors (Lipinski definition) is 1. The summed E-state index contributed by atoms with van der Waals surface area (Å²) in [7, 11) is -0.947. The molecule has 1 atom stereocenters. The SMILES string of the molecule is Cc1nc2c(cnn2C(C)C)cc1C(=O)Nc1cccc(CS(=O)C2CCOCC2)c1. The highest BCUT2D eigenvalue weighted by Gasteiger charge is 2.21. The van der Waals surface area contributed by atoms with Crippen molar-refractivity contribution in [3.63, 3.8) is 0 Å². The second-order valence-corrected chi connectivity index (χ2v) is 9.93. The molecule has 1 N–H and O–H groups in total. The standard InChI is InChI=1S/C23H28N4O3S/c1-15(2)27-22-18(13-24-27)12-21(16(3)25-22)23(28)26-19-6-4-5-17(11-19)14-31(29)20-7-9-30-10-8-20/h4-6,11-13,15,20H,7-10,14H2,1-3H3,(H,26,28). The largest absolute Gasteiger partial charge is 0.381 e. The van der Waals surface area contributed by atoms with Gasteiger partial charge < -0.3 is 10.1 Å². The fraction of sp³-hybridized carbons (Fsp3) is 0.435. The van der Waals surface area contributed by atoms with E-state index in [9.17, 15) is 9.00 Å². The average molecular weight is 441 g/mol. The molecule has 0 aliphatic carbocycles. The Morgan fingerprint density at radius 3 is 2.81 bits per heavy atom. The first-order chi connectivity index (χ1) is 14.9. The van der Waals surface area contributed by atoms with E-state index in [2.05, 4.69) is 15.4 Å². The van der Waals surface area contributed by atoms with Crippen LogP contribution >= 0.6 is 0 Å². The van der Waals surface area contributed by atoms with Crippen LogP contribution in [0.4, 0.5) is 5.69 Å². The van der Waals surface area contributed by atoms with Gasteiger partial charge in [-0.15, -0.1) is 0 Å². The Balaban J connectivity index is 1.49. The summed E-state index contributed by atoms with van der Waals surface area (Å²) >= 11 is 0. The van der Waals surface area contributed by atoms with Crippen molar-refractivity contribution in [1.29, 1.82) is 0 Å². The molecule has 31 heavy (non-hydrogen) atoms. The number of ether oxygens (including phenoxy) is 1. The summed E-state index contributed by atoms with van der Waals surface area (Å²) in [5.74, 6) is 0.266. The highest BCUT2D eigenvalue weighted by Crippen LogP contribution is 2.22. The molecule has 0 radical (unpaired) electrons. The number of nitrogens with zero attached hydrogens (tertiary/aromatic N) is 3. The number of aromatic nitrogens is 3. The van der Waals surface area contributed by atoms with Crippen molar-refractivity contribution in [3.05, 3.63) is 53.3 Å². The lowest BCUT2D eigenvalue weighted by molar-refractivity contribution is 0.0991. The molecule has 3 heterocycles. The Morgan fingerprint density at radius 2 is 2.06 bits per heavy atom. The van der Waals surface area contributed by atoms with Gasteiger partial charge in [0.05, 0.1) is 17.5 Å². The summed E-state index contributed by atoms with van der Waals surface area (Å²) < 4.78 is 19.9. The third kappa shape index (κ3) is 4.85. The second-order valence-electron chi connectivity index (χ2n) is 8.21. The minimum atomic E-state index is -0.947. The van der Waals surface area contributed by atoms with E-state index in [4.69, 9.17) is 4.74 Å². The van der Waals surface area contributed by atoms with E-state index in [0.717, 1.165) is 29.4 Å². The summed E-state index contributed by atoms with van der Waals surface area (Å²) in [5.41, 5.74) is 3.59. The summed E-state index contributed by atoms with van der Waals surface area (Å²) in [4.78, 5) is 17.6. The van der Waals surface area contributed by atoms with Gasteiger partial charge in [-0.25, -0.2) is 9.67 Å². The fourth-order valence-corrected chi connectivity index (χ4v) is 5.29. The summed E-state index contributed by atoms with van der Waals surface area (Å²) in [6.45, 7) is 7.29. The minimum absolute atomic E-state index is 0.180. The highest BCUT2D eigenvalue weighted by atomic mass is 32.2. The Morgan fingerprint density at radius 1 is 1.29 bits per heavy atom. The number of rotatable bonds is 6. The highest BCUT2D eigenvalue weighted by molar-refractivity contribution is 7.84. The number of anilines is 1. The van der Waals surface area contributed by atoms with E-state index < -0.39 is 10.8 Å². The van der Waals surface area contributed by atoms with Gasteiger partial charge in [0, 0.05) is 52.1 Å². The first-order valence-electron chi connectivity index (χ1n) is 10.6. The average Bonchev–Trinajstić information content (AvgIpc) is 3.17. The number of hydrogen-bond acceptors (Lipinski definition) is 5. The maximum Gasteiger partial charge on any atom is 0.257 e. The lowest BCUT2D eigenvalue weighted by atomic mass is 10.1. The molecule has 3 aromatic rings. The van der Waals surface area contributed by atoms with Gasteiger partial charge in [-0.2, -0.15) is 5.10 Å². The van der Waals surface area contributed by atoms with Gasteiger partial charge in [-0.05, 0) is 57.4 Å². The number of pyridine rings is 1. The number of carbonyl (C=O) groups is 1. The van der Waals surface area contributed by atoms with Crippen LogP contribution in [0.5, 0.6) is 0 Å². The third-order valence-corrected chi connectivity index (χ3v) is 7.36. The summed E-state index contributed by atoms with van der Waals surface area (Å²) in [6, 6.07) is 9.60. The molecule has 8 heteroatoms. The molecule has 1 saturated heterocycles. The number of benzene rings is 1. The van der Waals surface area contributed by atoms with Crippen LogP contribution in [0.2, 0.25) is 0 Å². The van der Waals surface area contributed by atoms with E-state index in [0.29, 0.717) is 35.9 Å². The van der Waals surface area contributed by atoms with Crippen LogP contribution < -0.4 is 5.32 Å². The molecule has 7 nitrogen and oxygen atoms in total. The van der Waals surface area contributed by atoms with Crippen molar-refractivity contribution < 1.29 is 13.7 Å². The fourth-order valence-electron chi connectivity index (χ4n) is 3.83. The predicted molar refractivity (Wildman–Crippen MR) is 123 cm³/mol.